The van der Waals surface area contributed by atoms with E-state index in [-0.39, 0.29) is 0 Å². The van der Waals surface area contributed by atoms with Crippen LogP contribution in [0.25, 0.3) is 0 Å². The molecule has 1 aliphatic heterocycles. The molecule has 20 heavy (non-hydrogen) atoms. The van der Waals surface area contributed by atoms with E-state index in [4.69, 9.17) is 0 Å². The van der Waals surface area contributed by atoms with Crippen LogP contribution in [0.2, 0.25) is 0 Å². The van der Waals surface area contributed by atoms with Crippen LogP contribution in [0.1, 0.15) is 39.4 Å². The molecule has 0 bridgehead atoms. The fourth-order valence-corrected chi connectivity index (χ4v) is 3.10. The first kappa shape index (κ1) is 15.5. The van der Waals surface area contributed by atoms with E-state index in [0.29, 0.717) is 12.1 Å². The molecule has 114 valence electrons. The number of rotatable bonds is 6. The van der Waals surface area contributed by atoms with Crippen molar-refractivity contribution in [3.05, 3.63) is 18.2 Å². The van der Waals surface area contributed by atoms with Crippen LogP contribution in [0.5, 0.6) is 0 Å². The van der Waals surface area contributed by atoms with Gasteiger partial charge in [-0.3, -0.25) is 4.90 Å². The highest BCUT2D eigenvalue weighted by Crippen LogP contribution is 2.17. The van der Waals surface area contributed by atoms with Crippen molar-refractivity contribution in [1.29, 1.82) is 0 Å². The molecule has 0 spiro atoms. The van der Waals surface area contributed by atoms with Crippen molar-refractivity contribution in [3.8, 4) is 0 Å². The van der Waals surface area contributed by atoms with E-state index in [9.17, 15) is 0 Å². The molecule has 2 heterocycles. The van der Waals surface area contributed by atoms with Gasteiger partial charge in [0.2, 0.25) is 0 Å². The normalized spacial score (nSPS) is 25.8. The Balaban J connectivity index is 1.93. The maximum atomic E-state index is 4.31. The van der Waals surface area contributed by atoms with Gasteiger partial charge >= 0.3 is 0 Å². The molecule has 2 rings (SSSR count). The monoisotopic (exact) mass is 278 g/mol. The van der Waals surface area contributed by atoms with Gasteiger partial charge in [-0.2, -0.15) is 0 Å². The number of hydrogen-bond acceptors (Lipinski definition) is 3. The largest absolute Gasteiger partial charge is 0.334 e. The van der Waals surface area contributed by atoms with Crippen molar-refractivity contribution in [2.75, 3.05) is 19.6 Å². The van der Waals surface area contributed by atoms with Gasteiger partial charge in [0.25, 0.3) is 0 Å². The molecule has 3 atom stereocenters. The molecule has 1 saturated heterocycles. The summed E-state index contributed by atoms with van der Waals surface area (Å²) in [4.78, 5) is 6.98. The number of hydrogen-bond donors (Lipinski definition) is 1. The van der Waals surface area contributed by atoms with E-state index in [2.05, 4.69) is 53.7 Å². The minimum Gasteiger partial charge on any atom is -0.334 e. The first-order valence-electron chi connectivity index (χ1n) is 8.10. The zero-order chi connectivity index (χ0) is 14.5. The van der Waals surface area contributed by atoms with Crippen LogP contribution in [0.3, 0.4) is 0 Å². The summed E-state index contributed by atoms with van der Waals surface area (Å²) in [7, 11) is 0. The summed E-state index contributed by atoms with van der Waals surface area (Å²) < 4.78 is 2.26. The van der Waals surface area contributed by atoms with Crippen LogP contribution in [-0.2, 0) is 6.54 Å². The Morgan fingerprint density at radius 1 is 1.40 bits per heavy atom. The first-order chi connectivity index (χ1) is 9.65. The number of imidazole rings is 1. The van der Waals surface area contributed by atoms with Gasteiger partial charge in [0.05, 0.1) is 0 Å². The number of piperazine rings is 1. The van der Waals surface area contributed by atoms with E-state index in [0.717, 1.165) is 31.4 Å². The lowest BCUT2D eigenvalue weighted by Gasteiger charge is -2.42. The Morgan fingerprint density at radius 3 is 2.80 bits per heavy atom. The van der Waals surface area contributed by atoms with Crippen LogP contribution >= 0.6 is 0 Å². The third-order valence-corrected chi connectivity index (χ3v) is 4.92. The Hall–Kier alpha value is -0.870. The van der Waals surface area contributed by atoms with E-state index < -0.39 is 0 Å². The van der Waals surface area contributed by atoms with Gasteiger partial charge in [-0.15, -0.1) is 0 Å². The zero-order valence-corrected chi connectivity index (χ0v) is 13.5. The van der Waals surface area contributed by atoms with Crippen molar-refractivity contribution in [2.24, 2.45) is 5.92 Å². The Labute approximate surface area is 123 Å². The highest BCUT2D eigenvalue weighted by molar-refractivity contribution is 4.91. The van der Waals surface area contributed by atoms with Crippen molar-refractivity contribution in [3.63, 3.8) is 0 Å². The first-order valence-corrected chi connectivity index (χ1v) is 8.10. The number of nitrogens with zero attached hydrogens (tertiary/aromatic N) is 3. The van der Waals surface area contributed by atoms with Gasteiger partial charge in [-0.05, 0) is 19.3 Å². The third kappa shape index (κ3) is 3.61. The third-order valence-electron chi connectivity index (χ3n) is 4.92. The minimum absolute atomic E-state index is 0.645. The van der Waals surface area contributed by atoms with E-state index in [1.54, 1.807) is 0 Å². The van der Waals surface area contributed by atoms with Gasteiger partial charge in [-0.25, -0.2) is 4.98 Å². The average Bonchev–Trinajstić information content (AvgIpc) is 2.89. The molecule has 0 saturated carbocycles. The number of aryl methyl sites for hydroxylation is 1. The maximum Gasteiger partial charge on any atom is 0.105 e. The lowest BCUT2D eigenvalue weighted by molar-refractivity contribution is 0.102. The van der Waals surface area contributed by atoms with E-state index >= 15 is 0 Å². The summed E-state index contributed by atoms with van der Waals surface area (Å²) in [5.74, 6) is 1.87. The fourth-order valence-electron chi connectivity index (χ4n) is 3.10. The van der Waals surface area contributed by atoms with Crippen LogP contribution in [0.15, 0.2) is 12.4 Å². The number of nitrogens with one attached hydrogen (secondary N) is 1. The van der Waals surface area contributed by atoms with E-state index in [1.807, 2.05) is 6.20 Å². The smallest absolute Gasteiger partial charge is 0.105 e. The predicted octanol–water partition coefficient (Wildman–Crippen LogP) is 2.29. The molecule has 1 aromatic rings. The molecule has 1 fully saturated rings. The van der Waals surface area contributed by atoms with Gasteiger partial charge in [0, 0.05) is 50.7 Å². The zero-order valence-electron chi connectivity index (χ0n) is 13.5. The standard InChI is InChI=1S/C16H30N4/c1-5-13(3)16-12-20(15(6-2)11-18-16)10-9-19-8-7-17-14(19)4/h7-8,13,15-16,18H,5-6,9-12H2,1-4H3. The molecule has 1 N–H and O–H groups in total. The molecular weight excluding hydrogens is 248 g/mol. The summed E-state index contributed by atoms with van der Waals surface area (Å²) in [6.07, 6.45) is 6.46. The summed E-state index contributed by atoms with van der Waals surface area (Å²) in [5.41, 5.74) is 0. The van der Waals surface area contributed by atoms with Gasteiger partial charge in [0.1, 0.15) is 5.82 Å². The Bertz CT molecular complexity index is 401. The second-order valence-electron chi connectivity index (χ2n) is 6.13. The molecule has 1 aromatic heterocycles. The minimum atomic E-state index is 0.645. The average molecular weight is 278 g/mol. The van der Waals surface area contributed by atoms with Crippen molar-refractivity contribution < 1.29 is 0 Å². The van der Waals surface area contributed by atoms with Gasteiger partial charge < -0.3 is 9.88 Å². The SMILES string of the molecule is CCC(C)C1CN(CCn2ccnc2C)C(CC)CN1. The van der Waals surface area contributed by atoms with Crippen LogP contribution in [-0.4, -0.2) is 46.2 Å². The predicted molar refractivity (Wildman–Crippen MR) is 83.9 cm³/mol. The Kier molecular flexibility index (Phi) is 5.61. The summed E-state index contributed by atoms with van der Waals surface area (Å²) in [6, 6.07) is 1.32. The van der Waals surface area contributed by atoms with Crippen LogP contribution < -0.4 is 5.32 Å². The van der Waals surface area contributed by atoms with E-state index in [1.165, 1.54) is 19.4 Å². The highest BCUT2D eigenvalue weighted by atomic mass is 15.2. The van der Waals surface area contributed by atoms with Crippen LogP contribution in [0, 0.1) is 12.8 Å². The van der Waals surface area contributed by atoms with Crippen molar-refractivity contribution in [2.45, 2.75) is 59.2 Å². The number of aromatic nitrogens is 2. The molecule has 0 aliphatic carbocycles. The molecule has 4 nitrogen and oxygen atoms in total. The fraction of sp³-hybridized carbons (Fsp3) is 0.812. The molecule has 0 aromatic carbocycles. The molecule has 4 heteroatoms. The topological polar surface area (TPSA) is 33.1 Å². The van der Waals surface area contributed by atoms with Gasteiger partial charge in [-0.1, -0.05) is 27.2 Å². The quantitative estimate of drug-likeness (QED) is 0.867. The molecule has 0 amide bonds. The maximum absolute atomic E-state index is 4.31. The molecule has 1 aliphatic rings. The molecule has 3 unspecified atom stereocenters. The van der Waals surface area contributed by atoms with Crippen molar-refractivity contribution >= 4 is 0 Å². The lowest BCUT2D eigenvalue weighted by atomic mass is 9.95. The lowest BCUT2D eigenvalue weighted by Crippen LogP contribution is -2.58. The summed E-state index contributed by atoms with van der Waals surface area (Å²) in [6.45, 7) is 13.5. The second kappa shape index (κ2) is 7.23. The molecular formula is C16H30N4. The molecule has 0 radical (unpaired) electrons. The second-order valence-corrected chi connectivity index (χ2v) is 6.13. The van der Waals surface area contributed by atoms with Crippen molar-refractivity contribution in [1.82, 2.24) is 19.8 Å². The Morgan fingerprint density at radius 2 is 2.20 bits per heavy atom. The highest BCUT2D eigenvalue weighted by Gasteiger charge is 2.28. The van der Waals surface area contributed by atoms with Gasteiger partial charge in [0.15, 0.2) is 0 Å². The summed E-state index contributed by atoms with van der Waals surface area (Å²) in [5, 5.41) is 3.74. The summed E-state index contributed by atoms with van der Waals surface area (Å²) >= 11 is 0. The van der Waals surface area contributed by atoms with Crippen LogP contribution in [0.4, 0.5) is 0 Å².